The van der Waals surface area contributed by atoms with E-state index in [1.54, 1.807) is 0 Å². The summed E-state index contributed by atoms with van der Waals surface area (Å²) in [5.41, 5.74) is 6.10. The van der Waals surface area contributed by atoms with Gasteiger partial charge in [-0.3, -0.25) is 0 Å². The zero-order valence-electron chi connectivity index (χ0n) is 10.4. The van der Waals surface area contributed by atoms with Crippen LogP contribution in [-0.4, -0.2) is 5.33 Å². The summed E-state index contributed by atoms with van der Waals surface area (Å²) in [6.07, 6.45) is 3.56. The van der Waals surface area contributed by atoms with Gasteiger partial charge in [0.2, 0.25) is 0 Å². The number of hydrogen-bond donors (Lipinski definition) is 0. The van der Waals surface area contributed by atoms with E-state index in [0.29, 0.717) is 5.92 Å². The molecule has 1 heteroatoms. The lowest BCUT2D eigenvalue weighted by molar-refractivity contribution is 0.680. The molecule has 0 saturated carbocycles. The van der Waals surface area contributed by atoms with Gasteiger partial charge < -0.3 is 0 Å². The zero-order valence-corrected chi connectivity index (χ0v) is 12.0. The van der Waals surface area contributed by atoms with Crippen LogP contribution in [0.5, 0.6) is 0 Å². The predicted octanol–water partition coefficient (Wildman–Crippen LogP) is 4.90. The van der Waals surface area contributed by atoms with E-state index in [1.165, 1.54) is 35.1 Å². The topological polar surface area (TPSA) is 0 Å². The van der Waals surface area contributed by atoms with Crippen LogP contribution in [0.3, 0.4) is 0 Å². The molecular formula is C17H17Br. The average molecular weight is 301 g/mol. The standard InChI is InChI=1S/C17H17Br/c18-11-5-10-17-15-8-3-1-6-13(15)12-14-7-2-4-9-16(14)17/h1-4,6-9,17H,5,10-12H2. The van der Waals surface area contributed by atoms with Crippen molar-refractivity contribution >= 4 is 15.9 Å². The molecule has 0 bridgehead atoms. The molecule has 0 nitrogen and oxygen atoms in total. The Bertz CT molecular complexity index is 499. The lowest BCUT2D eigenvalue weighted by atomic mass is 9.76. The van der Waals surface area contributed by atoms with Crippen LogP contribution in [0.4, 0.5) is 0 Å². The van der Waals surface area contributed by atoms with E-state index in [0.717, 1.165) is 11.8 Å². The maximum absolute atomic E-state index is 3.56. The van der Waals surface area contributed by atoms with Gasteiger partial charge in [0.1, 0.15) is 0 Å². The van der Waals surface area contributed by atoms with Gasteiger partial charge in [0.15, 0.2) is 0 Å². The molecule has 0 spiro atoms. The van der Waals surface area contributed by atoms with Crippen molar-refractivity contribution in [2.24, 2.45) is 0 Å². The molecule has 2 aromatic rings. The van der Waals surface area contributed by atoms with Crippen molar-refractivity contribution in [3.63, 3.8) is 0 Å². The molecule has 2 aromatic carbocycles. The smallest absolute Gasteiger partial charge is 0.00953 e. The Morgan fingerprint density at radius 3 is 2.00 bits per heavy atom. The first-order chi connectivity index (χ1) is 8.90. The summed E-state index contributed by atoms with van der Waals surface area (Å²) in [5.74, 6) is 0.587. The molecule has 0 aromatic heterocycles. The molecule has 1 aliphatic carbocycles. The minimum absolute atomic E-state index is 0.587. The van der Waals surface area contributed by atoms with Crippen LogP contribution >= 0.6 is 15.9 Å². The van der Waals surface area contributed by atoms with Gasteiger partial charge in [0, 0.05) is 11.2 Å². The van der Waals surface area contributed by atoms with Gasteiger partial charge in [-0.05, 0) is 41.5 Å². The van der Waals surface area contributed by atoms with Crippen molar-refractivity contribution in [3.05, 3.63) is 70.8 Å². The van der Waals surface area contributed by atoms with Gasteiger partial charge >= 0.3 is 0 Å². The summed E-state index contributed by atoms with van der Waals surface area (Å²) in [5, 5.41) is 1.09. The fourth-order valence-electron chi connectivity index (χ4n) is 3.04. The van der Waals surface area contributed by atoms with Crippen molar-refractivity contribution in [1.82, 2.24) is 0 Å². The van der Waals surface area contributed by atoms with Crippen LogP contribution in [0.2, 0.25) is 0 Å². The lowest BCUT2D eigenvalue weighted by Crippen LogP contribution is -2.13. The van der Waals surface area contributed by atoms with E-state index in [-0.39, 0.29) is 0 Å². The van der Waals surface area contributed by atoms with Crippen molar-refractivity contribution in [1.29, 1.82) is 0 Å². The molecule has 0 aliphatic heterocycles. The Balaban J connectivity index is 2.05. The summed E-state index contributed by atoms with van der Waals surface area (Å²) >= 11 is 3.56. The maximum Gasteiger partial charge on any atom is 0.00953 e. The molecule has 0 amide bonds. The van der Waals surface area contributed by atoms with Crippen molar-refractivity contribution in [3.8, 4) is 0 Å². The third kappa shape index (κ3) is 2.12. The van der Waals surface area contributed by atoms with Crippen LogP contribution in [0.1, 0.15) is 41.0 Å². The van der Waals surface area contributed by atoms with Gasteiger partial charge in [-0.25, -0.2) is 0 Å². The second-order valence-electron chi connectivity index (χ2n) is 4.96. The molecule has 0 radical (unpaired) electrons. The van der Waals surface area contributed by atoms with Crippen LogP contribution in [0.25, 0.3) is 0 Å². The van der Waals surface area contributed by atoms with Gasteiger partial charge in [0.05, 0.1) is 0 Å². The number of hydrogen-bond acceptors (Lipinski definition) is 0. The number of fused-ring (bicyclic) bond motifs is 2. The Morgan fingerprint density at radius 1 is 0.889 bits per heavy atom. The molecule has 3 rings (SSSR count). The van der Waals surface area contributed by atoms with Gasteiger partial charge in [0.25, 0.3) is 0 Å². The summed E-state index contributed by atoms with van der Waals surface area (Å²) in [7, 11) is 0. The number of rotatable bonds is 3. The lowest BCUT2D eigenvalue weighted by Gasteiger charge is -2.28. The van der Waals surface area contributed by atoms with E-state index >= 15 is 0 Å². The first-order valence-corrected chi connectivity index (χ1v) is 7.74. The first-order valence-electron chi connectivity index (χ1n) is 6.61. The minimum atomic E-state index is 0.587. The molecule has 0 unspecified atom stereocenters. The van der Waals surface area contributed by atoms with E-state index < -0.39 is 0 Å². The predicted molar refractivity (Wildman–Crippen MR) is 80.6 cm³/mol. The Morgan fingerprint density at radius 2 is 1.44 bits per heavy atom. The number of halogens is 1. The van der Waals surface area contributed by atoms with Gasteiger partial charge in [-0.1, -0.05) is 64.5 Å². The van der Waals surface area contributed by atoms with Crippen molar-refractivity contribution in [2.75, 3.05) is 5.33 Å². The Labute approximate surface area is 117 Å². The highest BCUT2D eigenvalue weighted by molar-refractivity contribution is 9.09. The third-order valence-corrected chi connectivity index (χ3v) is 4.43. The SMILES string of the molecule is BrCCCC1c2ccccc2Cc2ccccc21. The molecule has 92 valence electrons. The molecule has 1 aliphatic rings. The molecule has 0 fully saturated rings. The summed E-state index contributed by atoms with van der Waals surface area (Å²) in [4.78, 5) is 0. The summed E-state index contributed by atoms with van der Waals surface area (Å²) in [6.45, 7) is 0. The second-order valence-corrected chi connectivity index (χ2v) is 5.75. The number of alkyl halides is 1. The molecule has 0 N–H and O–H groups in total. The first kappa shape index (κ1) is 12.0. The van der Waals surface area contributed by atoms with Crippen LogP contribution in [0, 0.1) is 0 Å². The Kier molecular flexibility index (Phi) is 3.51. The Hall–Kier alpha value is -1.08. The van der Waals surface area contributed by atoms with Gasteiger partial charge in [-0.2, -0.15) is 0 Å². The van der Waals surface area contributed by atoms with Crippen LogP contribution < -0.4 is 0 Å². The highest BCUT2D eigenvalue weighted by Crippen LogP contribution is 2.39. The summed E-state index contributed by atoms with van der Waals surface area (Å²) < 4.78 is 0. The highest BCUT2D eigenvalue weighted by atomic mass is 79.9. The van der Waals surface area contributed by atoms with Crippen molar-refractivity contribution in [2.45, 2.75) is 25.2 Å². The van der Waals surface area contributed by atoms with E-state index in [9.17, 15) is 0 Å². The monoisotopic (exact) mass is 300 g/mol. The van der Waals surface area contributed by atoms with E-state index in [4.69, 9.17) is 0 Å². The molecule has 18 heavy (non-hydrogen) atoms. The highest BCUT2D eigenvalue weighted by Gasteiger charge is 2.23. The molecule has 0 atom stereocenters. The molecular weight excluding hydrogens is 284 g/mol. The minimum Gasteiger partial charge on any atom is -0.0928 e. The van der Waals surface area contributed by atoms with Gasteiger partial charge in [-0.15, -0.1) is 0 Å². The molecule has 0 heterocycles. The number of benzene rings is 2. The van der Waals surface area contributed by atoms with E-state index in [2.05, 4.69) is 64.5 Å². The maximum atomic E-state index is 3.56. The van der Waals surface area contributed by atoms with Crippen LogP contribution in [0.15, 0.2) is 48.5 Å². The van der Waals surface area contributed by atoms with Crippen LogP contribution in [-0.2, 0) is 6.42 Å². The largest absolute Gasteiger partial charge is 0.0928 e. The fourth-order valence-corrected chi connectivity index (χ4v) is 3.36. The third-order valence-electron chi connectivity index (χ3n) is 3.87. The fraction of sp³-hybridized carbons (Fsp3) is 0.294. The normalized spacial score (nSPS) is 14.1. The zero-order chi connectivity index (χ0) is 12.4. The van der Waals surface area contributed by atoms with Crippen molar-refractivity contribution < 1.29 is 0 Å². The average Bonchev–Trinajstić information content (AvgIpc) is 2.43. The quantitative estimate of drug-likeness (QED) is 0.707. The second kappa shape index (κ2) is 5.27. The summed E-state index contributed by atoms with van der Waals surface area (Å²) in [6, 6.07) is 17.9. The molecule has 0 saturated heterocycles. The van der Waals surface area contributed by atoms with E-state index in [1.807, 2.05) is 0 Å².